The fourth-order valence-corrected chi connectivity index (χ4v) is 2.59. The largest absolute Gasteiger partial charge is 0.497 e. The van der Waals surface area contributed by atoms with Gasteiger partial charge in [-0.3, -0.25) is 0 Å². The van der Waals surface area contributed by atoms with Gasteiger partial charge in [-0.05, 0) is 49.7 Å². The van der Waals surface area contributed by atoms with Gasteiger partial charge in [0.1, 0.15) is 35.6 Å². The molecule has 0 radical (unpaired) electrons. The Hall–Kier alpha value is -3.28. The molecular formula is C21H24N4O2. The van der Waals surface area contributed by atoms with Crippen molar-refractivity contribution >= 4 is 17.3 Å². The maximum atomic E-state index is 5.72. The summed E-state index contributed by atoms with van der Waals surface area (Å²) in [6.45, 7) is 5.09. The first kappa shape index (κ1) is 18.5. The predicted octanol–water partition coefficient (Wildman–Crippen LogP) is 4.34. The Morgan fingerprint density at radius 2 is 1.59 bits per heavy atom. The summed E-state index contributed by atoms with van der Waals surface area (Å²) in [7, 11) is 1.64. The summed E-state index contributed by atoms with van der Waals surface area (Å²) in [5, 5.41) is 6.62. The molecular weight excluding hydrogens is 340 g/mol. The van der Waals surface area contributed by atoms with Crippen LogP contribution in [0.15, 0.2) is 54.6 Å². The lowest BCUT2D eigenvalue weighted by atomic mass is 10.2. The van der Waals surface area contributed by atoms with Crippen LogP contribution < -0.4 is 20.1 Å². The van der Waals surface area contributed by atoms with Crippen LogP contribution in [0.2, 0.25) is 0 Å². The van der Waals surface area contributed by atoms with Crippen molar-refractivity contribution in [1.29, 1.82) is 0 Å². The number of hydrogen-bond donors (Lipinski definition) is 2. The van der Waals surface area contributed by atoms with E-state index in [1.807, 2.05) is 55.5 Å². The highest BCUT2D eigenvalue weighted by atomic mass is 16.5. The van der Waals surface area contributed by atoms with Crippen molar-refractivity contribution in [1.82, 2.24) is 9.97 Å². The van der Waals surface area contributed by atoms with Crippen LogP contribution in [-0.4, -0.2) is 30.2 Å². The minimum Gasteiger partial charge on any atom is -0.497 e. The smallest absolute Gasteiger partial charge is 0.136 e. The van der Waals surface area contributed by atoms with Gasteiger partial charge in [0.15, 0.2) is 0 Å². The maximum absolute atomic E-state index is 5.72. The number of benzene rings is 2. The Kier molecular flexibility index (Phi) is 6.10. The summed E-state index contributed by atoms with van der Waals surface area (Å²) in [5.74, 6) is 3.84. The van der Waals surface area contributed by atoms with E-state index in [0.29, 0.717) is 19.0 Å². The average Bonchev–Trinajstić information content (AvgIpc) is 2.67. The monoisotopic (exact) mass is 364 g/mol. The quantitative estimate of drug-likeness (QED) is 0.580. The van der Waals surface area contributed by atoms with E-state index in [1.165, 1.54) is 0 Å². The molecule has 0 aliphatic carbocycles. The number of ether oxygens (including phenoxy) is 2. The van der Waals surface area contributed by atoms with Crippen molar-refractivity contribution in [2.45, 2.75) is 13.8 Å². The van der Waals surface area contributed by atoms with E-state index < -0.39 is 0 Å². The third kappa shape index (κ3) is 5.34. The highest BCUT2D eigenvalue weighted by Gasteiger charge is 2.04. The Balaban J connectivity index is 1.55. The molecule has 0 aliphatic heterocycles. The zero-order valence-corrected chi connectivity index (χ0v) is 15.8. The molecule has 0 spiro atoms. The first-order chi connectivity index (χ1) is 13.1. The number of hydrogen-bond acceptors (Lipinski definition) is 6. The molecule has 0 amide bonds. The van der Waals surface area contributed by atoms with E-state index in [-0.39, 0.29) is 0 Å². The van der Waals surface area contributed by atoms with Crippen molar-refractivity contribution < 1.29 is 9.47 Å². The van der Waals surface area contributed by atoms with Crippen molar-refractivity contribution in [2.24, 2.45) is 0 Å². The number of para-hydroxylation sites is 1. The summed E-state index contributed by atoms with van der Waals surface area (Å²) >= 11 is 0. The number of anilines is 3. The molecule has 6 heteroatoms. The molecule has 0 aliphatic rings. The van der Waals surface area contributed by atoms with Gasteiger partial charge in [0.25, 0.3) is 0 Å². The average molecular weight is 364 g/mol. The highest BCUT2D eigenvalue weighted by Crippen LogP contribution is 2.20. The molecule has 1 aromatic heterocycles. The van der Waals surface area contributed by atoms with Gasteiger partial charge in [-0.25, -0.2) is 9.97 Å². The van der Waals surface area contributed by atoms with Gasteiger partial charge in [-0.15, -0.1) is 0 Å². The Morgan fingerprint density at radius 1 is 0.889 bits per heavy atom. The van der Waals surface area contributed by atoms with Crippen molar-refractivity contribution in [3.63, 3.8) is 0 Å². The van der Waals surface area contributed by atoms with Crippen LogP contribution in [0.5, 0.6) is 11.5 Å². The molecule has 0 saturated heterocycles. The molecule has 3 aromatic rings. The van der Waals surface area contributed by atoms with E-state index >= 15 is 0 Å². The maximum Gasteiger partial charge on any atom is 0.136 e. The fraction of sp³-hybridized carbons (Fsp3) is 0.238. The van der Waals surface area contributed by atoms with Crippen molar-refractivity contribution in [3.05, 3.63) is 66.0 Å². The number of nitrogens with zero attached hydrogens (tertiary/aromatic N) is 2. The molecule has 0 unspecified atom stereocenters. The lowest BCUT2D eigenvalue weighted by Gasteiger charge is -2.12. The number of nitrogens with one attached hydrogen (secondary N) is 2. The third-order valence-corrected chi connectivity index (χ3v) is 3.98. The molecule has 0 saturated carbocycles. The molecule has 0 bridgehead atoms. The van der Waals surface area contributed by atoms with Gasteiger partial charge in [0, 0.05) is 11.8 Å². The van der Waals surface area contributed by atoms with Gasteiger partial charge >= 0.3 is 0 Å². The number of aryl methyl sites for hydroxylation is 2. The molecule has 2 N–H and O–H groups in total. The van der Waals surface area contributed by atoms with Crippen molar-refractivity contribution in [3.8, 4) is 11.5 Å². The van der Waals surface area contributed by atoms with Gasteiger partial charge in [-0.2, -0.15) is 0 Å². The highest BCUT2D eigenvalue weighted by molar-refractivity contribution is 5.62. The summed E-state index contributed by atoms with van der Waals surface area (Å²) in [6.07, 6.45) is 0. The van der Waals surface area contributed by atoms with Crippen LogP contribution in [0.1, 0.15) is 11.4 Å². The molecule has 6 nitrogen and oxygen atoms in total. The number of methoxy groups -OCH3 is 1. The zero-order chi connectivity index (χ0) is 19.1. The minimum atomic E-state index is 0.524. The minimum absolute atomic E-state index is 0.524. The number of aromatic nitrogens is 2. The summed E-state index contributed by atoms with van der Waals surface area (Å²) in [4.78, 5) is 8.89. The second-order valence-electron chi connectivity index (χ2n) is 6.08. The fourth-order valence-electron chi connectivity index (χ4n) is 2.59. The SMILES string of the molecule is COc1ccc(OCCNc2cc(Nc3ccccc3C)nc(C)n2)cc1. The molecule has 1 heterocycles. The van der Waals surface area contributed by atoms with E-state index in [0.717, 1.165) is 34.4 Å². The van der Waals surface area contributed by atoms with Crippen LogP contribution in [-0.2, 0) is 0 Å². The second-order valence-corrected chi connectivity index (χ2v) is 6.08. The van der Waals surface area contributed by atoms with E-state index in [9.17, 15) is 0 Å². The van der Waals surface area contributed by atoms with E-state index in [2.05, 4.69) is 33.6 Å². The zero-order valence-electron chi connectivity index (χ0n) is 15.8. The number of rotatable bonds is 8. The Bertz CT molecular complexity index is 882. The van der Waals surface area contributed by atoms with Crippen LogP contribution in [0.4, 0.5) is 17.3 Å². The van der Waals surface area contributed by atoms with Gasteiger partial charge < -0.3 is 20.1 Å². The van der Waals surface area contributed by atoms with Crippen LogP contribution >= 0.6 is 0 Å². The molecule has 0 atom stereocenters. The van der Waals surface area contributed by atoms with Gasteiger partial charge in [0.2, 0.25) is 0 Å². The van der Waals surface area contributed by atoms with Crippen LogP contribution in [0.3, 0.4) is 0 Å². The van der Waals surface area contributed by atoms with Crippen LogP contribution in [0.25, 0.3) is 0 Å². The Morgan fingerprint density at radius 3 is 2.33 bits per heavy atom. The lowest BCUT2D eigenvalue weighted by molar-refractivity contribution is 0.331. The normalized spacial score (nSPS) is 10.3. The lowest BCUT2D eigenvalue weighted by Crippen LogP contribution is -2.13. The molecule has 2 aromatic carbocycles. The Labute approximate surface area is 159 Å². The second kappa shape index (κ2) is 8.89. The molecule has 140 valence electrons. The van der Waals surface area contributed by atoms with Gasteiger partial charge in [0.05, 0.1) is 13.7 Å². The molecule has 0 fully saturated rings. The van der Waals surface area contributed by atoms with E-state index in [1.54, 1.807) is 7.11 Å². The molecule has 3 rings (SSSR count). The summed E-state index contributed by atoms with van der Waals surface area (Å²) in [5.41, 5.74) is 2.19. The first-order valence-electron chi connectivity index (χ1n) is 8.83. The molecule has 27 heavy (non-hydrogen) atoms. The summed E-state index contributed by atoms with van der Waals surface area (Å²) in [6, 6.07) is 17.5. The van der Waals surface area contributed by atoms with Crippen LogP contribution in [0, 0.1) is 13.8 Å². The van der Waals surface area contributed by atoms with Gasteiger partial charge in [-0.1, -0.05) is 18.2 Å². The predicted molar refractivity (Wildman–Crippen MR) is 108 cm³/mol. The van der Waals surface area contributed by atoms with E-state index in [4.69, 9.17) is 9.47 Å². The summed E-state index contributed by atoms with van der Waals surface area (Å²) < 4.78 is 10.9. The third-order valence-electron chi connectivity index (χ3n) is 3.98. The first-order valence-corrected chi connectivity index (χ1v) is 8.83. The topological polar surface area (TPSA) is 68.3 Å². The van der Waals surface area contributed by atoms with Crippen molar-refractivity contribution in [2.75, 3.05) is 30.9 Å². The standard InChI is InChI=1S/C21H24N4O2/c1-15-6-4-5-7-19(15)25-21-14-20(23-16(2)24-21)22-12-13-27-18-10-8-17(26-3)9-11-18/h4-11,14H,12-13H2,1-3H3,(H2,22,23,24,25).